The molecule has 7 nitrogen and oxygen atoms in total. The summed E-state index contributed by atoms with van der Waals surface area (Å²) in [6, 6.07) is 14.6. The number of aryl methyl sites for hydroxylation is 1. The smallest absolute Gasteiger partial charge is 0.294 e. The van der Waals surface area contributed by atoms with E-state index in [1.807, 2.05) is 18.2 Å². The Balaban J connectivity index is 1.62. The number of hydrogen-bond acceptors (Lipinski definition) is 5. The third kappa shape index (κ3) is 4.36. The molecule has 0 aromatic heterocycles. The number of anilines is 2. The maximum absolute atomic E-state index is 12.2. The van der Waals surface area contributed by atoms with Crippen LogP contribution in [0.2, 0.25) is 0 Å². The van der Waals surface area contributed by atoms with Crippen molar-refractivity contribution in [2.75, 3.05) is 16.8 Å². The van der Waals surface area contributed by atoms with Crippen molar-refractivity contribution in [1.82, 2.24) is 0 Å². The normalized spacial score (nSPS) is 16.5. The molecule has 2 amide bonds. The van der Waals surface area contributed by atoms with E-state index >= 15 is 0 Å². The van der Waals surface area contributed by atoms with Crippen molar-refractivity contribution in [2.45, 2.75) is 32.6 Å². The van der Waals surface area contributed by atoms with Crippen LogP contribution in [-0.2, 0) is 16.0 Å². The van der Waals surface area contributed by atoms with E-state index in [9.17, 15) is 19.7 Å². The molecule has 0 saturated carbocycles. The molecule has 0 spiro atoms. The van der Waals surface area contributed by atoms with Gasteiger partial charge in [0.15, 0.2) is 0 Å². The number of rotatable bonds is 8. The fraction of sp³-hybridized carbons (Fsp3) is 0.333. The Kier molecular flexibility index (Phi) is 6.03. The molecule has 1 aliphatic heterocycles. The number of carbonyl (C=O) groups excluding carboxylic acids is 2. The van der Waals surface area contributed by atoms with Crippen LogP contribution in [0.15, 0.2) is 48.5 Å². The Hall–Kier alpha value is -3.22. The summed E-state index contributed by atoms with van der Waals surface area (Å²) < 4.78 is 0. The third-order valence-corrected chi connectivity index (χ3v) is 4.86. The van der Waals surface area contributed by atoms with Crippen molar-refractivity contribution >= 4 is 28.9 Å². The molecule has 1 fully saturated rings. The number of nitro groups is 1. The zero-order chi connectivity index (χ0) is 20.1. The minimum absolute atomic E-state index is 0.133. The second-order valence-electron chi connectivity index (χ2n) is 7.00. The number of nitrogens with one attached hydrogen (secondary N) is 1. The molecule has 146 valence electrons. The summed E-state index contributed by atoms with van der Waals surface area (Å²) in [5.41, 5.74) is 1.77. The molecule has 0 bridgehead atoms. The van der Waals surface area contributed by atoms with Crippen molar-refractivity contribution in [2.24, 2.45) is 5.92 Å². The van der Waals surface area contributed by atoms with Gasteiger partial charge in [0, 0.05) is 24.9 Å². The molecule has 0 unspecified atom stereocenters. The second kappa shape index (κ2) is 8.65. The highest BCUT2D eigenvalue weighted by Gasteiger charge is 2.37. The number of nitro benzene ring substituents is 1. The number of imide groups is 1. The quantitative estimate of drug-likeness (QED) is 0.324. The SMILES string of the molecule is C[C@@H]1CC(=O)N(c2ccc(NCCCCc3ccccc3)c([N+](=O)[O-])c2)C1=O. The van der Waals surface area contributed by atoms with Gasteiger partial charge in [-0.3, -0.25) is 24.6 Å². The number of nitrogens with zero attached hydrogens (tertiary/aromatic N) is 2. The molecular weight excluding hydrogens is 358 g/mol. The number of amides is 2. The Labute approximate surface area is 163 Å². The summed E-state index contributed by atoms with van der Waals surface area (Å²) in [6.07, 6.45) is 2.93. The monoisotopic (exact) mass is 381 g/mol. The Morgan fingerprint density at radius 1 is 1.14 bits per heavy atom. The Morgan fingerprint density at radius 3 is 2.54 bits per heavy atom. The first-order valence-corrected chi connectivity index (χ1v) is 9.40. The first-order chi connectivity index (χ1) is 13.5. The third-order valence-electron chi connectivity index (χ3n) is 4.86. The molecule has 0 radical (unpaired) electrons. The van der Waals surface area contributed by atoms with E-state index in [1.165, 1.54) is 11.6 Å². The van der Waals surface area contributed by atoms with Crippen LogP contribution in [0, 0.1) is 16.0 Å². The fourth-order valence-corrected chi connectivity index (χ4v) is 3.34. The summed E-state index contributed by atoms with van der Waals surface area (Å²) in [5.74, 6) is -1.04. The van der Waals surface area contributed by atoms with E-state index in [1.54, 1.807) is 19.1 Å². The van der Waals surface area contributed by atoms with Gasteiger partial charge in [-0.2, -0.15) is 0 Å². The van der Waals surface area contributed by atoms with Gasteiger partial charge in [0.1, 0.15) is 5.69 Å². The van der Waals surface area contributed by atoms with Crippen molar-refractivity contribution in [3.63, 3.8) is 0 Å². The lowest BCUT2D eigenvalue weighted by molar-refractivity contribution is -0.383. The van der Waals surface area contributed by atoms with E-state index in [-0.39, 0.29) is 29.6 Å². The lowest BCUT2D eigenvalue weighted by atomic mass is 10.1. The van der Waals surface area contributed by atoms with Crippen molar-refractivity contribution in [3.8, 4) is 0 Å². The first-order valence-electron chi connectivity index (χ1n) is 9.40. The van der Waals surface area contributed by atoms with Gasteiger partial charge in [-0.05, 0) is 37.0 Å². The number of unbranched alkanes of at least 4 members (excludes halogenated alkanes) is 1. The second-order valence-corrected chi connectivity index (χ2v) is 7.00. The maximum atomic E-state index is 12.2. The van der Waals surface area contributed by atoms with Crippen molar-refractivity contribution < 1.29 is 14.5 Å². The Bertz CT molecular complexity index is 882. The van der Waals surface area contributed by atoms with Gasteiger partial charge in [-0.25, -0.2) is 0 Å². The topological polar surface area (TPSA) is 92.6 Å². The molecule has 1 aliphatic rings. The van der Waals surface area contributed by atoms with E-state index < -0.39 is 10.8 Å². The van der Waals surface area contributed by atoms with E-state index in [0.717, 1.165) is 24.2 Å². The summed E-state index contributed by atoms with van der Waals surface area (Å²) in [7, 11) is 0. The molecular formula is C21H23N3O4. The zero-order valence-electron chi connectivity index (χ0n) is 15.8. The lowest BCUT2D eigenvalue weighted by Gasteiger charge is -2.15. The van der Waals surface area contributed by atoms with Crippen LogP contribution in [0.3, 0.4) is 0 Å². The highest BCUT2D eigenvalue weighted by atomic mass is 16.6. The highest BCUT2D eigenvalue weighted by molar-refractivity contribution is 6.21. The number of hydrogen-bond donors (Lipinski definition) is 1. The van der Waals surface area contributed by atoms with Gasteiger partial charge in [-0.1, -0.05) is 37.3 Å². The van der Waals surface area contributed by atoms with Crippen molar-refractivity contribution in [3.05, 3.63) is 64.2 Å². The summed E-state index contributed by atoms with van der Waals surface area (Å²) >= 11 is 0. The van der Waals surface area contributed by atoms with Crippen LogP contribution in [0.1, 0.15) is 31.7 Å². The lowest BCUT2D eigenvalue weighted by Crippen LogP contribution is -2.30. The minimum Gasteiger partial charge on any atom is -0.379 e. The van der Waals surface area contributed by atoms with E-state index in [4.69, 9.17) is 0 Å². The molecule has 2 aromatic rings. The molecule has 0 aliphatic carbocycles. The van der Waals surface area contributed by atoms with Crippen LogP contribution >= 0.6 is 0 Å². The first kappa shape index (κ1) is 19.5. The molecule has 1 saturated heterocycles. The number of benzene rings is 2. The summed E-state index contributed by atoms with van der Waals surface area (Å²) in [6.45, 7) is 2.28. The van der Waals surface area contributed by atoms with Crippen LogP contribution in [0.5, 0.6) is 0 Å². The molecule has 28 heavy (non-hydrogen) atoms. The van der Waals surface area contributed by atoms with Gasteiger partial charge in [-0.15, -0.1) is 0 Å². The van der Waals surface area contributed by atoms with E-state index in [2.05, 4.69) is 17.4 Å². The molecule has 3 rings (SSSR count). The maximum Gasteiger partial charge on any atom is 0.294 e. The van der Waals surface area contributed by atoms with Gasteiger partial charge >= 0.3 is 0 Å². The standard InChI is InChI=1S/C21H23N3O4/c1-15-13-20(25)23(21(15)26)17-10-11-18(19(14-17)24(27)28)22-12-6-5-9-16-7-3-2-4-8-16/h2-4,7-8,10-11,14-15,22H,5-6,9,12-13H2,1H3/t15-/m1/s1. The minimum atomic E-state index is -0.496. The average molecular weight is 381 g/mol. The van der Waals surface area contributed by atoms with Gasteiger partial charge in [0.05, 0.1) is 10.6 Å². The summed E-state index contributed by atoms with van der Waals surface area (Å²) in [4.78, 5) is 36.2. The van der Waals surface area contributed by atoms with Crippen LogP contribution in [0.4, 0.5) is 17.1 Å². The predicted molar refractivity (Wildman–Crippen MR) is 107 cm³/mol. The van der Waals surface area contributed by atoms with E-state index in [0.29, 0.717) is 12.2 Å². The molecule has 1 heterocycles. The van der Waals surface area contributed by atoms with Gasteiger partial charge in [0.2, 0.25) is 11.8 Å². The molecule has 1 N–H and O–H groups in total. The molecule has 7 heteroatoms. The molecule has 1 atom stereocenters. The summed E-state index contributed by atoms with van der Waals surface area (Å²) in [5, 5.41) is 14.6. The average Bonchev–Trinajstić information content (AvgIpc) is 2.94. The number of carbonyl (C=O) groups is 2. The van der Waals surface area contributed by atoms with Gasteiger partial charge in [0.25, 0.3) is 5.69 Å². The van der Waals surface area contributed by atoms with Crippen LogP contribution in [0.25, 0.3) is 0 Å². The largest absolute Gasteiger partial charge is 0.379 e. The van der Waals surface area contributed by atoms with Crippen LogP contribution < -0.4 is 10.2 Å². The fourth-order valence-electron chi connectivity index (χ4n) is 3.34. The molecule has 2 aromatic carbocycles. The highest BCUT2D eigenvalue weighted by Crippen LogP contribution is 2.33. The Morgan fingerprint density at radius 2 is 1.89 bits per heavy atom. The predicted octanol–water partition coefficient (Wildman–Crippen LogP) is 3.93. The van der Waals surface area contributed by atoms with Gasteiger partial charge < -0.3 is 5.32 Å². The van der Waals surface area contributed by atoms with Crippen LogP contribution in [-0.4, -0.2) is 23.3 Å². The zero-order valence-corrected chi connectivity index (χ0v) is 15.8. The van der Waals surface area contributed by atoms with Crippen molar-refractivity contribution in [1.29, 1.82) is 0 Å².